The molecule has 3 heteroatoms. The van der Waals surface area contributed by atoms with E-state index in [0.29, 0.717) is 10.9 Å². The normalized spacial score (nSPS) is 12.2. The van der Waals surface area contributed by atoms with Gasteiger partial charge in [0.25, 0.3) is 0 Å². The van der Waals surface area contributed by atoms with Crippen LogP contribution in [0.25, 0.3) is 11.1 Å². The van der Waals surface area contributed by atoms with Gasteiger partial charge in [-0.1, -0.05) is 29.5 Å². The van der Waals surface area contributed by atoms with Gasteiger partial charge in [0.15, 0.2) is 14.7 Å². The molecule has 0 radical (unpaired) electrons. The molecule has 0 spiro atoms. The molecular formula is C28H28S3+2. The Morgan fingerprint density at radius 1 is 0.484 bits per heavy atom. The Bertz CT molecular complexity index is 1110. The molecule has 1 atom stereocenters. The van der Waals surface area contributed by atoms with Gasteiger partial charge in [-0.15, -0.1) is 0 Å². The minimum atomic E-state index is 0.0627. The molecule has 0 fully saturated rings. The Balaban J connectivity index is 1.45. The monoisotopic (exact) mass is 460 g/mol. The first-order chi connectivity index (χ1) is 15.0. The minimum Gasteiger partial charge on any atom is -0.0901 e. The number of benzene rings is 4. The second-order valence-corrected chi connectivity index (χ2v) is 13.0. The summed E-state index contributed by atoms with van der Waals surface area (Å²) in [5.74, 6) is 0. The van der Waals surface area contributed by atoms with E-state index in [9.17, 15) is 0 Å². The van der Waals surface area contributed by atoms with Gasteiger partial charge in [0.05, 0.1) is 10.9 Å². The second kappa shape index (κ2) is 10.0. The number of rotatable bonds is 6. The lowest BCUT2D eigenvalue weighted by Gasteiger charge is -2.07. The first kappa shape index (κ1) is 22.1. The first-order valence-electron chi connectivity index (χ1n) is 10.3. The molecule has 4 aromatic carbocycles. The average Bonchev–Trinajstić information content (AvgIpc) is 2.81. The van der Waals surface area contributed by atoms with Gasteiger partial charge in [0.1, 0.15) is 18.8 Å². The van der Waals surface area contributed by atoms with E-state index in [1.54, 1.807) is 0 Å². The molecule has 0 bridgehead atoms. The molecule has 0 aliphatic heterocycles. The fraction of sp³-hybridized carbons (Fsp3) is 0.143. The van der Waals surface area contributed by atoms with E-state index in [4.69, 9.17) is 0 Å². The smallest absolute Gasteiger partial charge is 0.0901 e. The SMILES string of the molecule is Cc1ccc(Sc2ccc([S+](C)c3ccc(-c4ccc([S+](C)C)cc4)cc3)cc2)cc1. The molecule has 0 aliphatic rings. The molecule has 0 aliphatic carbocycles. The van der Waals surface area contributed by atoms with Crippen molar-refractivity contribution in [3.63, 3.8) is 0 Å². The molecular weight excluding hydrogens is 433 g/mol. The van der Waals surface area contributed by atoms with Crippen LogP contribution in [0.2, 0.25) is 0 Å². The van der Waals surface area contributed by atoms with E-state index in [2.05, 4.69) is 123 Å². The van der Waals surface area contributed by atoms with E-state index in [-0.39, 0.29) is 10.9 Å². The van der Waals surface area contributed by atoms with E-state index >= 15 is 0 Å². The van der Waals surface area contributed by atoms with Crippen molar-refractivity contribution >= 4 is 33.6 Å². The Kier molecular flexibility index (Phi) is 7.16. The maximum absolute atomic E-state index is 2.31. The van der Waals surface area contributed by atoms with Gasteiger partial charge in [0.2, 0.25) is 0 Å². The van der Waals surface area contributed by atoms with Crippen LogP contribution >= 0.6 is 11.8 Å². The van der Waals surface area contributed by atoms with Crippen LogP contribution in [0, 0.1) is 6.92 Å². The highest BCUT2D eigenvalue weighted by Crippen LogP contribution is 2.31. The Morgan fingerprint density at radius 2 is 0.871 bits per heavy atom. The van der Waals surface area contributed by atoms with Crippen molar-refractivity contribution in [2.24, 2.45) is 0 Å². The van der Waals surface area contributed by atoms with Gasteiger partial charge < -0.3 is 0 Å². The number of hydrogen-bond donors (Lipinski definition) is 0. The van der Waals surface area contributed by atoms with E-state index < -0.39 is 0 Å². The first-order valence-corrected chi connectivity index (χ1v) is 14.8. The van der Waals surface area contributed by atoms with Crippen molar-refractivity contribution in [3.8, 4) is 11.1 Å². The van der Waals surface area contributed by atoms with Crippen molar-refractivity contribution in [2.45, 2.75) is 31.4 Å². The van der Waals surface area contributed by atoms with E-state index in [1.807, 2.05) is 11.8 Å². The molecule has 1 unspecified atom stereocenters. The number of aryl methyl sites for hydroxylation is 1. The summed E-state index contributed by atoms with van der Waals surface area (Å²) in [5.41, 5.74) is 3.87. The highest BCUT2D eigenvalue weighted by atomic mass is 32.2. The zero-order valence-electron chi connectivity index (χ0n) is 18.5. The molecule has 0 nitrogen and oxygen atoms in total. The predicted molar refractivity (Wildman–Crippen MR) is 141 cm³/mol. The van der Waals surface area contributed by atoms with Gasteiger partial charge in [-0.3, -0.25) is 0 Å². The van der Waals surface area contributed by atoms with Crippen LogP contribution < -0.4 is 0 Å². The number of hydrogen-bond acceptors (Lipinski definition) is 1. The molecule has 0 heterocycles. The zero-order chi connectivity index (χ0) is 21.8. The summed E-state index contributed by atoms with van der Waals surface area (Å²) >= 11 is 1.82. The summed E-state index contributed by atoms with van der Waals surface area (Å²) in [6.07, 6.45) is 6.84. The summed E-state index contributed by atoms with van der Waals surface area (Å²) in [6, 6.07) is 35.8. The highest BCUT2D eigenvalue weighted by molar-refractivity contribution is 7.99. The highest BCUT2D eigenvalue weighted by Gasteiger charge is 2.19. The van der Waals surface area contributed by atoms with Crippen LogP contribution in [0.5, 0.6) is 0 Å². The fourth-order valence-corrected chi connectivity index (χ4v) is 6.22. The van der Waals surface area contributed by atoms with Gasteiger partial charge >= 0.3 is 0 Å². The molecule has 4 rings (SSSR count). The van der Waals surface area contributed by atoms with Gasteiger partial charge in [-0.05, 0) is 103 Å². The Hall–Kier alpha value is -2.07. The summed E-state index contributed by atoms with van der Waals surface area (Å²) in [6.45, 7) is 2.13. The van der Waals surface area contributed by atoms with Crippen molar-refractivity contribution in [2.75, 3.05) is 18.8 Å². The third kappa shape index (κ3) is 5.60. The fourth-order valence-electron chi connectivity index (χ4n) is 3.36. The molecule has 156 valence electrons. The molecule has 0 saturated carbocycles. The molecule has 0 amide bonds. The van der Waals surface area contributed by atoms with Crippen molar-refractivity contribution in [3.05, 3.63) is 103 Å². The summed E-state index contributed by atoms with van der Waals surface area (Å²) in [7, 11) is 0.373. The molecule has 0 N–H and O–H groups in total. The quantitative estimate of drug-likeness (QED) is 0.265. The standard InChI is InChI=1S/C28H28S3/c1-21-5-11-24(12-6-21)29-25-13-19-28(20-14-25)31(4)27-17-9-23(10-18-27)22-7-15-26(16-8-22)30(2)3/h5-20H,1-4H3/q+2. The van der Waals surface area contributed by atoms with Crippen LogP contribution in [0.4, 0.5) is 0 Å². The molecule has 0 aromatic heterocycles. The third-order valence-corrected chi connectivity index (χ3v) is 9.49. The zero-order valence-corrected chi connectivity index (χ0v) is 20.9. The largest absolute Gasteiger partial charge is 0.160 e. The molecule has 4 aromatic rings. The maximum Gasteiger partial charge on any atom is 0.160 e. The van der Waals surface area contributed by atoms with Gasteiger partial charge in [0, 0.05) is 20.7 Å². The van der Waals surface area contributed by atoms with Gasteiger partial charge in [-0.2, -0.15) is 0 Å². The van der Waals surface area contributed by atoms with Crippen molar-refractivity contribution in [1.82, 2.24) is 0 Å². The molecule has 0 saturated heterocycles. The Morgan fingerprint density at radius 3 is 1.32 bits per heavy atom. The maximum atomic E-state index is 2.31. The van der Waals surface area contributed by atoms with Crippen LogP contribution in [0.1, 0.15) is 5.56 Å². The summed E-state index contributed by atoms with van der Waals surface area (Å²) in [4.78, 5) is 6.74. The third-order valence-electron chi connectivity index (χ3n) is 5.30. The Labute approximate surface area is 196 Å². The van der Waals surface area contributed by atoms with Crippen LogP contribution in [-0.2, 0) is 21.8 Å². The van der Waals surface area contributed by atoms with Gasteiger partial charge in [-0.25, -0.2) is 0 Å². The molecule has 31 heavy (non-hydrogen) atoms. The topological polar surface area (TPSA) is 0 Å². The summed E-state index contributed by atoms with van der Waals surface area (Å²) in [5, 5.41) is 0. The summed E-state index contributed by atoms with van der Waals surface area (Å²) < 4.78 is 0. The lowest BCUT2D eigenvalue weighted by Crippen LogP contribution is -2.00. The van der Waals surface area contributed by atoms with Crippen LogP contribution in [-0.4, -0.2) is 18.8 Å². The lowest BCUT2D eigenvalue weighted by atomic mass is 10.1. The predicted octanol–water partition coefficient (Wildman–Crippen LogP) is 7.72. The average molecular weight is 461 g/mol. The van der Waals surface area contributed by atoms with Crippen molar-refractivity contribution < 1.29 is 0 Å². The van der Waals surface area contributed by atoms with Crippen LogP contribution in [0.15, 0.2) is 122 Å². The minimum absolute atomic E-state index is 0.0627. The van der Waals surface area contributed by atoms with E-state index in [0.717, 1.165) is 0 Å². The van der Waals surface area contributed by atoms with Crippen molar-refractivity contribution in [1.29, 1.82) is 0 Å². The van der Waals surface area contributed by atoms with E-state index in [1.165, 1.54) is 41.2 Å². The second-order valence-electron chi connectivity index (χ2n) is 7.76. The van der Waals surface area contributed by atoms with Crippen LogP contribution in [0.3, 0.4) is 0 Å². The lowest BCUT2D eigenvalue weighted by molar-refractivity contribution is 1.31.